The van der Waals surface area contributed by atoms with Gasteiger partial charge in [0.2, 0.25) is 0 Å². The lowest BCUT2D eigenvalue weighted by Gasteiger charge is -2.11. The van der Waals surface area contributed by atoms with Gasteiger partial charge in [0.1, 0.15) is 5.82 Å². The van der Waals surface area contributed by atoms with Crippen LogP contribution in [0, 0.1) is 6.92 Å². The minimum Gasteiger partial charge on any atom is -0.274 e. The molecule has 4 nitrogen and oxygen atoms in total. The largest absolute Gasteiger partial charge is 0.274 e. The molecule has 0 spiro atoms. The Balaban J connectivity index is 1.50. The molecule has 1 saturated carbocycles. The average Bonchev–Trinajstić information content (AvgIpc) is 3.49. The van der Waals surface area contributed by atoms with E-state index < -0.39 is 0 Å². The maximum Gasteiger partial charge on any atom is 0.196 e. The maximum absolute atomic E-state index is 6.64. The smallest absolute Gasteiger partial charge is 0.196 e. The monoisotopic (exact) mass is 406 g/mol. The molecule has 1 fully saturated rings. The third kappa shape index (κ3) is 3.19. The van der Waals surface area contributed by atoms with Crippen LogP contribution < -0.4 is 0 Å². The highest BCUT2D eigenvalue weighted by atomic mass is 35.5. The van der Waals surface area contributed by atoms with Crippen LogP contribution in [-0.2, 0) is 5.75 Å². The summed E-state index contributed by atoms with van der Waals surface area (Å²) >= 11 is 8.28. The van der Waals surface area contributed by atoms with Crippen LogP contribution in [0.1, 0.15) is 35.8 Å². The Bertz CT molecular complexity index is 1150. The van der Waals surface area contributed by atoms with Crippen molar-refractivity contribution in [2.24, 2.45) is 0 Å². The fourth-order valence-electron chi connectivity index (χ4n) is 3.45. The van der Waals surface area contributed by atoms with Crippen LogP contribution in [0.15, 0.2) is 59.8 Å². The van der Waals surface area contributed by atoms with Crippen LogP contribution in [0.4, 0.5) is 0 Å². The Morgan fingerprint density at radius 1 is 1.04 bits per heavy atom. The summed E-state index contributed by atoms with van der Waals surface area (Å²) in [5, 5.41) is 11.7. The second-order valence-electron chi connectivity index (χ2n) is 7.09. The number of aryl methyl sites for hydroxylation is 1. The molecular weight excluding hydrogens is 388 g/mol. The van der Waals surface area contributed by atoms with Crippen molar-refractivity contribution in [3.8, 4) is 5.69 Å². The van der Waals surface area contributed by atoms with Gasteiger partial charge in [0, 0.05) is 22.7 Å². The topological polar surface area (TPSA) is 43.6 Å². The predicted molar refractivity (Wildman–Crippen MR) is 114 cm³/mol. The number of hydrogen-bond acceptors (Lipinski definition) is 4. The molecule has 0 N–H and O–H groups in total. The molecule has 0 bridgehead atoms. The number of hydrogen-bond donors (Lipinski definition) is 0. The fraction of sp³-hybridized carbons (Fsp3) is 0.227. The van der Waals surface area contributed by atoms with Crippen LogP contribution >= 0.6 is 23.4 Å². The molecule has 2 aromatic heterocycles. The van der Waals surface area contributed by atoms with Gasteiger partial charge in [-0.3, -0.25) is 9.55 Å². The van der Waals surface area contributed by atoms with Crippen molar-refractivity contribution >= 4 is 34.3 Å². The molecule has 0 aliphatic heterocycles. The average molecular weight is 407 g/mol. The van der Waals surface area contributed by atoms with E-state index in [1.165, 1.54) is 12.8 Å². The number of thioether (sulfide) groups is 1. The molecule has 6 heteroatoms. The van der Waals surface area contributed by atoms with E-state index >= 15 is 0 Å². The molecule has 0 saturated heterocycles. The van der Waals surface area contributed by atoms with E-state index in [2.05, 4.69) is 39.9 Å². The van der Waals surface area contributed by atoms with Gasteiger partial charge in [-0.1, -0.05) is 59.8 Å². The number of halogens is 1. The van der Waals surface area contributed by atoms with E-state index in [4.69, 9.17) is 16.6 Å². The van der Waals surface area contributed by atoms with E-state index in [9.17, 15) is 0 Å². The molecule has 0 atom stereocenters. The van der Waals surface area contributed by atoms with Crippen molar-refractivity contribution in [1.29, 1.82) is 0 Å². The summed E-state index contributed by atoms with van der Waals surface area (Å²) in [5.41, 5.74) is 4.04. The Morgan fingerprint density at radius 2 is 1.79 bits per heavy atom. The summed E-state index contributed by atoms with van der Waals surface area (Å²) in [5.74, 6) is 2.23. The van der Waals surface area contributed by atoms with Crippen molar-refractivity contribution in [3.63, 3.8) is 0 Å². The number of benzene rings is 2. The van der Waals surface area contributed by atoms with Crippen molar-refractivity contribution in [2.75, 3.05) is 0 Å². The third-order valence-corrected chi connectivity index (χ3v) is 6.54. The van der Waals surface area contributed by atoms with Crippen LogP contribution in [-0.4, -0.2) is 19.7 Å². The molecule has 1 aliphatic carbocycles. The van der Waals surface area contributed by atoms with Gasteiger partial charge in [-0.25, -0.2) is 0 Å². The van der Waals surface area contributed by atoms with Crippen molar-refractivity contribution < 1.29 is 0 Å². The predicted octanol–water partition coefficient (Wildman–Crippen LogP) is 5.95. The summed E-state index contributed by atoms with van der Waals surface area (Å²) in [6, 6.07) is 18.4. The summed E-state index contributed by atoms with van der Waals surface area (Å²) in [7, 11) is 0. The number of fused-ring (bicyclic) bond motifs is 1. The highest BCUT2D eigenvalue weighted by molar-refractivity contribution is 7.98. The van der Waals surface area contributed by atoms with Gasteiger partial charge in [0.15, 0.2) is 5.16 Å². The van der Waals surface area contributed by atoms with Gasteiger partial charge in [-0.15, -0.1) is 10.2 Å². The van der Waals surface area contributed by atoms with Crippen LogP contribution in [0.25, 0.3) is 16.6 Å². The Kier molecular flexibility index (Phi) is 4.57. The second-order valence-corrected chi connectivity index (χ2v) is 8.41. The lowest BCUT2D eigenvalue weighted by atomic mass is 10.1. The summed E-state index contributed by atoms with van der Waals surface area (Å²) in [4.78, 5) is 4.80. The molecule has 1 aliphatic rings. The molecule has 0 amide bonds. The normalized spacial score (nSPS) is 13.9. The van der Waals surface area contributed by atoms with Gasteiger partial charge in [0.05, 0.1) is 16.2 Å². The molecule has 2 aromatic carbocycles. The van der Waals surface area contributed by atoms with E-state index in [-0.39, 0.29) is 0 Å². The SMILES string of the molecule is Cc1c(Cl)c(CSc2nnc(C3CC3)n2-c2ccccc2)nc2ccccc12. The highest BCUT2D eigenvalue weighted by Gasteiger charge is 2.31. The van der Waals surface area contributed by atoms with Gasteiger partial charge >= 0.3 is 0 Å². The Hall–Kier alpha value is -2.37. The first-order valence-electron chi connectivity index (χ1n) is 9.39. The van der Waals surface area contributed by atoms with Crippen LogP contribution in [0.5, 0.6) is 0 Å². The molecule has 140 valence electrons. The molecule has 28 heavy (non-hydrogen) atoms. The summed E-state index contributed by atoms with van der Waals surface area (Å²) in [6.07, 6.45) is 2.37. The van der Waals surface area contributed by atoms with Gasteiger partial charge in [-0.2, -0.15) is 0 Å². The quantitative estimate of drug-likeness (QED) is 0.384. The van der Waals surface area contributed by atoms with Crippen LogP contribution in [0.2, 0.25) is 5.02 Å². The molecular formula is C22H19ClN4S. The highest BCUT2D eigenvalue weighted by Crippen LogP contribution is 2.41. The second kappa shape index (κ2) is 7.22. The van der Waals surface area contributed by atoms with Crippen molar-refractivity contribution in [1.82, 2.24) is 19.7 Å². The zero-order valence-corrected chi connectivity index (χ0v) is 17.0. The number of para-hydroxylation sites is 2. The number of pyridine rings is 1. The van der Waals surface area contributed by atoms with Crippen molar-refractivity contribution in [3.05, 3.63) is 76.7 Å². The van der Waals surface area contributed by atoms with Crippen LogP contribution in [0.3, 0.4) is 0 Å². The summed E-state index contributed by atoms with van der Waals surface area (Å²) < 4.78 is 2.18. The fourth-order valence-corrected chi connectivity index (χ4v) is 4.64. The minimum atomic E-state index is 0.520. The molecule has 0 radical (unpaired) electrons. The Morgan fingerprint density at radius 3 is 2.57 bits per heavy atom. The number of rotatable bonds is 5. The molecule has 0 unspecified atom stereocenters. The zero-order chi connectivity index (χ0) is 19.1. The first-order chi connectivity index (χ1) is 13.7. The number of aromatic nitrogens is 4. The summed E-state index contributed by atoms with van der Waals surface area (Å²) in [6.45, 7) is 2.05. The lowest BCUT2D eigenvalue weighted by Crippen LogP contribution is -2.02. The maximum atomic E-state index is 6.64. The van der Waals surface area contributed by atoms with Gasteiger partial charge in [0.25, 0.3) is 0 Å². The van der Waals surface area contributed by atoms with Crippen molar-refractivity contribution in [2.45, 2.75) is 36.6 Å². The third-order valence-electron chi connectivity index (χ3n) is 5.10. The Labute approximate surface area is 173 Å². The minimum absolute atomic E-state index is 0.520. The first-order valence-corrected chi connectivity index (χ1v) is 10.8. The van der Waals surface area contributed by atoms with E-state index in [1.807, 2.05) is 36.4 Å². The van der Waals surface area contributed by atoms with E-state index in [0.29, 0.717) is 11.7 Å². The van der Waals surface area contributed by atoms with Gasteiger partial charge < -0.3 is 0 Å². The van der Waals surface area contributed by atoms with E-state index in [1.54, 1.807) is 11.8 Å². The molecule has 5 rings (SSSR count). The molecule has 2 heterocycles. The molecule has 4 aromatic rings. The van der Waals surface area contributed by atoms with E-state index in [0.717, 1.165) is 43.9 Å². The van der Waals surface area contributed by atoms with Gasteiger partial charge in [-0.05, 0) is 43.5 Å². The number of nitrogens with zero attached hydrogens (tertiary/aromatic N) is 4. The first kappa shape index (κ1) is 17.7. The zero-order valence-electron chi connectivity index (χ0n) is 15.5. The standard InChI is InChI=1S/C22H19ClN4S/c1-14-17-9-5-6-10-18(17)24-19(20(14)23)13-28-22-26-25-21(15-11-12-15)27(22)16-7-3-2-4-8-16/h2-10,15H,11-13H2,1H3. The lowest BCUT2D eigenvalue weighted by molar-refractivity contribution is 0.829.